The first kappa shape index (κ1) is 25.8. The number of imidazole rings is 1. The van der Waals surface area contributed by atoms with Crippen LogP contribution in [0, 0.1) is 6.92 Å². The Morgan fingerprint density at radius 2 is 1.64 bits per heavy atom. The van der Waals surface area contributed by atoms with Crippen molar-refractivity contribution in [2.75, 3.05) is 10.6 Å². The molecule has 10 heteroatoms. The van der Waals surface area contributed by atoms with E-state index in [1.165, 1.54) is 4.31 Å². The molecule has 36 heavy (non-hydrogen) atoms. The van der Waals surface area contributed by atoms with E-state index >= 15 is 0 Å². The minimum Gasteiger partial charge on any atom is -0.348 e. The number of amides is 1. The van der Waals surface area contributed by atoms with Crippen LogP contribution in [0.5, 0.6) is 0 Å². The molecule has 4 rings (SSSR count). The third-order valence-corrected chi connectivity index (χ3v) is 7.52. The maximum atomic E-state index is 12.7. The fourth-order valence-corrected chi connectivity index (χ4v) is 5.10. The first-order valence-corrected chi connectivity index (χ1v) is 13.6. The van der Waals surface area contributed by atoms with Crippen LogP contribution in [0.3, 0.4) is 0 Å². The second kappa shape index (κ2) is 10.7. The van der Waals surface area contributed by atoms with Crippen molar-refractivity contribution in [2.45, 2.75) is 20.0 Å². The lowest BCUT2D eigenvalue weighted by atomic mass is 10.1. The van der Waals surface area contributed by atoms with Crippen molar-refractivity contribution in [2.24, 2.45) is 0 Å². The van der Waals surface area contributed by atoms with Crippen LogP contribution in [0.2, 0.25) is 10.0 Å². The Balaban J connectivity index is 1.44. The van der Waals surface area contributed by atoms with Gasteiger partial charge in [0, 0.05) is 45.8 Å². The quantitative estimate of drug-likeness (QED) is 0.323. The average molecular weight is 543 g/mol. The molecule has 4 aromatic rings. The van der Waals surface area contributed by atoms with E-state index in [0.717, 1.165) is 23.3 Å². The number of halogens is 2. The number of carbonyl (C=O) groups is 1. The molecule has 1 N–H and O–H groups in total. The summed E-state index contributed by atoms with van der Waals surface area (Å²) in [7, 11) is -3.64. The second-order valence-electron chi connectivity index (χ2n) is 8.21. The summed E-state index contributed by atoms with van der Waals surface area (Å²) in [5.41, 5.74) is 3.25. The van der Waals surface area contributed by atoms with E-state index in [4.69, 9.17) is 23.2 Å². The summed E-state index contributed by atoms with van der Waals surface area (Å²) in [5, 5.41) is 3.64. The van der Waals surface area contributed by atoms with Crippen molar-refractivity contribution in [1.29, 1.82) is 0 Å². The predicted octanol–water partition coefficient (Wildman–Crippen LogP) is 5.38. The summed E-state index contributed by atoms with van der Waals surface area (Å²) >= 11 is 12.5. The van der Waals surface area contributed by atoms with E-state index in [1.807, 2.05) is 42.0 Å². The Kier molecular flexibility index (Phi) is 7.68. The van der Waals surface area contributed by atoms with Gasteiger partial charge in [0.05, 0.1) is 18.5 Å². The van der Waals surface area contributed by atoms with Gasteiger partial charge in [-0.2, -0.15) is 0 Å². The molecule has 0 saturated heterocycles. The lowest BCUT2D eigenvalue weighted by Crippen LogP contribution is -2.29. The molecule has 0 atom stereocenters. The van der Waals surface area contributed by atoms with Gasteiger partial charge in [0.2, 0.25) is 10.0 Å². The standard InChI is InChI=1S/C26H24Cl2N4O3S/c1-18-29-14-15-31(18)21-10-6-19(7-11-21)16-30-26(33)20-8-12-22(13-9-20)32(36(2,34)35)17-23-24(27)4-3-5-25(23)28/h3-15H,16-17H2,1-2H3,(H,30,33). The zero-order chi connectivity index (χ0) is 25.9. The molecule has 0 radical (unpaired) electrons. The normalized spacial score (nSPS) is 11.3. The number of aryl methyl sites for hydroxylation is 1. The summed E-state index contributed by atoms with van der Waals surface area (Å²) in [4.78, 5) is 16.9. The zero-order valence-corrected chi connectivity index (χ0v) is 22.0. The van der Waals surface area contributed by atoms with Crippen LogP contribution >= 0.6 is 23.2 Å². The van der Waals surface area contributed by atoms with Gasteiger partial charge < -0.3 is 9.88 Å². The number of rotatable bonds is 8. The Bertz CT molecular complexity index is 1460. The maximum Gasteiger partial charge on any atom is 0.251 e. The lowest BCUT2D eigenvalue weighted by Gasteiger charge is -2.23. The van der Waals surface area contributed by atoms with Crippen molar-refractivity contribution >= 4 is 44.8 Å². The number of nitrogens with one attached hydrogen (secondary N) is 1. The summed E-state index contributed by atoms with van der Waals surface area (Å²) in [6.07, 6.45) is 4.75. The highest BCUT2D eigenvalue weighted by atomic mass is 35.5. The molecule has 7 nitrogen and oxygen atoms in total. The van der Waals surface area contributed by atoms with Crippen LogP contribution < -0.4 is 9.62 Å². The topological polar surface area (TPSA) is 84.3 Å². The monoisotopic (exact) mass is 542 g/mol. The number of hydrogen-bond donors (Lipinski definition) is 1. The molecule has 0 aliphatic rings. The third-order valence-electron chi connectivity index (χ3n) is 5.67. The van der Waals surface area contributed by atoms with Crippen molar-refractivity contribution in [1.82, 2.24) is 14.9 Å². The number of hydrogen-bond acceptors (Lipinski definition) is 4. The molecule has 0 aliphatic carbocycles. The maximum absolute atomic E-state index is 12.7. The lowest BCUT2D eigenvalue weighted by molar-refractivity contribution is 0.0951. The number of aromatic nitrogens is 2. The van der Waals surface area contributed by atoms with Crippen molar-refractivity contribution in [3.8, 4) is 5.69 Å². The van der Waals surface area contributed by atoms with Gasteiger partial charge >= 0.3 is 0 Å². The molecule has 0 bridgehead atoms. The Morgan fingerprint density at radius 3 is 2.19 bits per heavy atom. The molecule has 3 aromatic carbocycles. The minimum absolute atomic E-state index is 0.0303. The average Bonchev–Trinajstić information content (AvgIpc) is 3.28. The molecule has 0 aliphatic heterocycles. The highest BCUT2D eigenvalue weighted by Gasteiger charge is 2.21. The second-order valence-corrected chi connectivity index (χ2v) is 10.9. The van der Waals surface area contributed by atoms with Gasteiger partial charge in [0.1, 0.15) is 5.82 Å². The van der Waals surface area contributed by atoms with Gasteiger partial charge in [0.25, 0.3) is 5.91 Å². The van der Waals surface area contributed by atoms with E-state index in [1.54, 1.807) is 48.7 Å². The molecule has 0 saturated carbocycles. The van der Waals surface area contributed by atoms with Crippen molar-refractivity contribution < 1.29 is 13.2 Å². The SMILES string of the molecule is Cc1nccn1-c1ccc(CNC(=O)c2ccc(N(Cc3c(Cl)cccc3Cl)S(C)(=O)=O)cc2)cc1. The molecule has 0 fully saturated rings. The number of benzene rings is 3. The Hall–Kier alpha value is -3.33. The van der Waals surface area contributed by atoms with E-state index < -0.39 is 10.0 Å². The van der Waals surface area contributed by atoms with Crippen molar-refractivity contribution in [3.05, 3.63) is 112 Å². The van der Waals surface area contributed by atoms with E-state index in [2.05, 4.69) is 10.3 Å². The highest BCUT2D eigenvalue weighted by Crippen LogP contribution is 2.29. The van der Waals surface area contributed by atoms with Crippen LogP contribution in [0.4, 0.5) is 5.69 Å². The van der Waals surface area contributed by atoms with Crippen LogP contribution in [-0.2, 0) is 23.1 Å². The van der Waals surface area contributed by atoms with E-state index in [9.17, 15) is 13.2 Å². The fraction of sp³-hybridized carbons (Fsp3) is 0.154. The van der Waals surface area contributed by atoms with E-state index in [0.29, 0.717) is 33.4 Å². The number of nitrogens with zero attached hydrogens (tertiary/aromatic N) is 3. The molecular formula is C26H24Cl2N4O3S. The summed E-state index contributed by atoms with van der Waals surface area (Å²) < 4.78 is 28.2. The molecule has 1 aromatic heterocycles. The van der Waals surface area contributed by atoms with Gasteiger partial charge in [-0.15, -0.1) is 0 Å². The predicted molar refractivity (Wildman–Crippen MR) is 143 cm³/mol. The Labute approximate surface area is 220 Å². The van der Waals surface area contributed by atoms with Crippen molar-refractivity contribution in [3.63, 3.8) is 0 Å². The van der Waals surface area contributed by atoms with Crippen LogP contribution in [0.15, 0.2) is 79.1 Å². The van der Waals surface area contributed by atoms with E-state index in [-0.39, 0.29) is 12.5 Å². The Morgan fingerprint density at radius 1 is 1.00 bits per heavy atom. The van der Waals surface area contributed by atoms with Gasteiger partial charge in [-0.3, -0.25) is 9.10 Å². The molecule has 1 amide bonds. The molecule has 186 valence electrons. The van der Waals surface area contributed by atoms with Crippen LogP contribution in [0.25, 0.3) is 5.69 Å². The van der Waals surface area contributed by atoms with Gasteiger partial charge in [-0.25, -0.2) is 13.4 Å². The van der Waals surface area contributed by atoms with Gasteiger partial charge in [-0.1, -0.05) is 41.4 Å². The fourth-order valence-electron chi connectivity index (χ4n) is 3.72. The first-order valence-electron chi connectivity index (χ1n) is 11.0. The first-order chi connectivity index (χ1) is 17.1. The highest BCUT2D eigenvalue weighted by molar-refractivity contribution is 7.92. The van der Waals surface area contributed by atoms with Gasteiger partial charge in [-0.05, 0) is 61.0 Å². The number of sulfonamides is 1. The molecular weight excluding hydrogens is 519 g/mol. The largest absolute Gasteiger partial charge is 0.348 e. The smallest absolute Gasteiger partial charge is 0.251 e. The summed E-state index contributed by atoms with van der Waals surface area (Å²) in [6.45, 7) is 2.25. The number of anilines is 1. The zero-order valence-electron chi connectivity index (χ0n) is 19.7. The minimum atomic E-state index is -3.64. The molecule has 0 spiro atoms. The van der Waals surface area contributed by atoms with Gasteiger partial charge in [0.15, 0.2) is 0 Å². The summed E-state index contributed by atoms with van der Waals surface area (Å²) in [5.74, 6) is 0.625. The summed E-state index contributed by atoms with van der Waals surface area (Å²) in [6, 6.07) is 19.2. The number of carbonyl (C=O) groups excluding carboxylic acids is 1. The third kappa shape index (κ3) is 5.90. The van der Waals surface area contributed by atoms with Crippen LogP contribution in [0.1, 0.15) is 27.3 Å². The molecule has 1 heterocycles. The van der Waals surface area contributed by atoms with Crippen LogP contribution in [-0.4, -0.2) is 30.1 Å². The molecule has 0 unspecified atom stereocenters.